The van der Waals surface area contributed by atoms with E-state index in [1.165, 1.54) is 25.1 Å². The maximum atomic E-state index is 12.8. The summed E-state index contributed by atoms with van der Waals surface area (Å²) in [5, 5.41) is 13.0. The summed E-state index contributed by atoms with van der Waals surface area (Å²) in [7, 11) is -3.58. The topological polar surface area (TPSA) is 91.3 Å². The molecule has 8 heteroatoms. The van der Waals surface area contributed by atoms with E-state index in [-0.39, 0.29) is 17.0 Å². The van der Waals surface area contributed by atoms with Crippen molar-refractivity contribution in [2.75, 3.05) is 18.5 Å². The Kier molecular flexibility index (Phi) is 5.39. The molecule has 3 N–H and O–H groups in total. The fraction of sp³-hybridized carbons (Fsp3) is 0.688. The first kappa shape index (κ1) is 18.0. The lowest BCUT2D eigenvalue weighted by atomic mass is 9.93. The Balaban J connectivity index is 1.72. The molecule has 1 aromatic rings. The Morgan fingerprint density at radius 3 is 2.75 bits per heavy atom. The van der Waals surface area contributed by atoms with Gasteiger partial charge in [0.25, 0.3) is 0 Å². The Bertz CT molecular complexity index is 669. The Morgan fingerprint density at radius 2 is 2.08 bits per heavy atom. The highest BCUT2D eigenvalue weighted by Crippen LogP contribution is 2.47. The van der Waals surface area contributed by atoms with E-state index in [4.69, 9.17) is 5.11 Å². The zero-order valence-electron chi connectivity index (χ0n) is 13.9. The SMILES string of the molecule is CC1(NS(=O)(=O)c2ccnc(NCCCO)c2)CC2CCC(C1)S2. The van der Waals surface area contributed by atoms with E-state index in [1.54, 1.807) is 6.07 Å². The van der Waals surface area contributed by atoms with Crippen LogP contribution < -0.4 is 10.0 Å². The monoisotopic (exact) mass is 371 g/mol. The molecule has 2 bridgehead atoms. The van der Waals surface area contributed by atoms with Crippen molar-refractivity contribution in [3.63, 3.8) is 0 Å². The number of rotatable bonds is 7. The minimum absolute atomic E-state index is 0.0885. The van der Waals surface area contributed by atoms with Gasteiger partial charge in [-0.25, -0.2) is 18.1 Å². The van der Waals surface area contributed by atoms with Gasteiger partial charge in [-0.15, -0.1) is 0 Å². The van der Waals surface area contributed by atoms with Crippen LogP contribution in [0.15, 0.2) is 23.2 Å². The first-order valence-corrected chi connectivity index (χ1v) is 10.8. The van der Waals surface area contributed by atoms with Gasteiger partial charge in [0.2, 0.25) is 10.0 Å². The first-order valence-electron chi connectivity index (χ1n) is 8.40. The number of thioether (sulfide) groups is 1. The summed E-state index contributed by atoms with van der Waals surface area (Å²) in [5.74, 6) is 0.510. The average molecular weight is 372 g/mol. The third-order valence-electron chi connectivity index (χ3n) is 4.62. The number of anilines is 1. The van der Waals surface area contributed by atoms with Gasteiger partial charge in [0.05, 0.1) is 4.90 Å². The predicted molar refractivity (Wildman–Crippen MR) is 96.8 cm³/mol. The van der Waals surface area contributed by atoms with E-state index < -0.39 is 10.0 Å². The van der Waals surface area contributed by atoms with Crippen LogP contribution in [-0.4, -0.2) is 47.7 Å². The molecule has 2 fully saturated rings. The molecule has 0 amide bonds. The molecule has 2 aliphatic rings. The van der Waals surface area contributed by atoms with Gasteiger partial charge in [0.1, 0.15) is 5.82 Å². The second-order valence-corrected chi connectivity index (χ2v) is 10.2. The molecule has 3 heterocycles. The molecule has 134 valence electrons. The van der Waals surface area contributed by atoms with Crippen LogP contribution in [0.1, 0.15) is 39.0 Å². The van der Waals surface area contributed by atoms with Crippen LogP contribution in [0.25, 0.3) is 0 Å². The van der Waals surface area contributed by atoms with Crippen molar-refractivity contribution in [3.8, 4) is 0 Å². The molecule has 0 saturated carbocycles. The number of fused-ring (bicyclic) bond motifs is 2. The molecule has 0 aliphatic carbocycles. The quantitative estimate of drug-likeness (QED) is 0.635. The van der Waals surface area contributed by atoms with E-state index in [2.05, 4.69) is 15.0 Å². The second kappa shape index (κ2) is 7.19. The second-order valence-electron chi connectivity index (χ2n) is 6.91. The fourth-order valence-corrected chi connectivity index (χ4v) is 7.06. The molecule has 24 heavy (non-hydrogen) atoms. The molecule has 6 nitrogen and oxygen atoms in total. The lowest BCUT2D eigenvalue weighted by molar-refractivity contribution is 0.292. The first-order chi connectivity index (χ1) is 11.4. The minimum Gasteiger partial charge on any atom is -0.396 e. The summed E-state index contributed by atoms with van der Waals surface area (Å²) < 4.78 is 28.6. The zero-order valence-corrected chi connectivity index (χ0v) is 15.5. The molecule has 0 spiro atoms. The van der Waals surface area contributed by atoms with Crippen LogP contribution >= 0.6 is 11.8 Å². The molecule has 2 atom stereocenters. The summed E-state index contributed by atoms with van der Waals surface area (Å²) in [5.41, 5.74) is -0.371. The molecule has 2 unspecified atom stereocenters. The molecule has 0 radical (unpaired) electrons. The summed E-state index contributed by atoms with van der Waals surface area (Å²) >= 11 is 2.01. The number of nitrogens with zero attached hydrogens (tertiary/aromatic N) is 1. The highest BCUT2D eigenvalue weighted by Gasteiger charge is 2.43. The van der Waals surface area contributed by atoms with Crippen molar-refractivity contribution in [1.29, 1.82) is 0 Å². The molecule has 2 aliphatic heterocycles. The predicted octanol–water partition coefficient (Wildman–Crippen LogP) is 1.97. The van der Waals surface area contributed by atoms with Gasteiger partial charge in [0, 0.05) is 41.5 Å². The van der Waals surface area contributed by atoms with Crippen molar-refractivity contribution in [1.82, 2.24) is 9.71 Å². The van der Waals surface area contributed by atoms with Gasteiger partial charge in [-0.1, -0.05) is 0 Å². The summed E-state index contributed by atoms with van der Waals surface area (Å²) in [6.07, 6.45) is 6.26. The Labute approximate surface area is 147 Å². The van der Waals surface area contributed by atoms with E-state index >= 15 is 0 Å². The minimum atomic E-state index is -3.58. The zero-order chi connectivity index (χ0) is 17.2. The van der Waals surface area contributed by atoms with Gasteiger partial charge >= 0.3 is 0 Å². The lowest BCUT2D eigenvalue weighted by Gasteiger charge is -2.37. The summed E-state index contributed by atoms with van der Waals surface area (Å²) in [4.78, 5) is 4.37. The molecular formula is C16H25N3O3S2. The van der Waals surface area contributed by atoms with Gasteiger partial charge < -0.3 is 10.4 Å². The Morgan fingerprint density at radius 1 is 1.38 bits per heavy atom. The normalized spacial score (nSPS) is 29.6. The molecule has 0 aromatic carbocycles. The highest BCUT2D eigenvalue weighted by atomic mass is 32.2. The van der Waals surface area contributed by atoms with Crippen LogP contribution in [0.3, 0.4) is 0 Å². The van der Waals surface area contributed by atoms with Crippen LogP contribution in [0.5, 0.6) is 0 Å². The third-order valence-corrected chi connectivity index (χ3v) is 7.83. The van der Waals surface area contributed by atoms with E-state index in [9.17, 15) is 8.42 Å². The molecule has 2 saturated heterocycles. The van der Waals surface area contributed by atoms with Crippen molar-refractivity contribution in [3.05, 3.63) is 18.3 Å². The number of sulfonamides is 1. The molecular weight excluding hydrogens is 346 g/mol. The Hall–Kier alpha value is -0.830. The van der Waals surface area contributed by atoms with Crippen molar-refractivity contribution < 1.29 is 13.5 Å². The average Bonchev–Trinajstić information content (AvgIpc) is 2.86. The number of hydrogen-bond donors (Lipinski definition) is 3. The fourth-order valence-electron chi connectivity index (χ4n) is 3.61. The van der Waals surface area contributed by atoms with Gasteiger partial charge in [-0.05, 0) is 45.1 Å². The number of nitrogens with one attached hydrogen (secondary N) is 2. The number of aromatic nitrogens is 1. The van der Waals surface area contributed by atoms with E-state index in [0.29, 0.717) is 29.3 Å². The van der Waals surface area contributed by atoms with E-state index in [1.807, 2.05) is 18.7 Å². The van der Waals surface area contributed by atoms with Crippen LogP contribution in [-0.2, 0) is 10.0 Å². The van der Waals surface area contributed by atoms with Crippen LogP contribution in [0.2, 0.25) is 0 Å². The van der Waals surface area contributed by atoms with Crippen LogP contribution in [0.4, 0.5) is 5.82 Å². The number of pyridine rings is 1. The van der Waals surface area contributed by atoms with Crippen molar-refractivity contribution in [2.24, 2.45) is 0 Å². The maximum absolute atomic E-state index is 12.8. The molecule has 1 aromatic heterocycles. The summed E-state index contributed by atoms with van der Waals surface area (Å²) in [6.45, 7) is 2.67. The largest absolute Gasteiger partial charge is 0.396 e. The van der Waals surface area contributed by atoms with Gasteiger partial charge in [-0.2, -0.15) is 11.8 Å². The lowest BCUT2D eigenvalue weighted by Crippen LogP contribution is -2.50. The van der Waals surface area contributed by atoms with E-state index in [0.717, 1.165) is 12.8 Å². The van der Waals surface area contributed by atoms with Gasteiger partial charge in [-0.3, -0.25) is 0 Å². The number of hydrogen-bond acceptors (Lipinski definition) is 6. The molecule has 3 rings (SSSR count). The smallest absolute Gasteiger partial charge is 0.241 e. The number of aliphatic hydroxyl groups is 1. The van der Waals surface area contributed by atoms with Crippen molar-refractivity contribution >= 4 is 27.6 Å². The summed E-state index contributed by atoms with van der Waals surface area (Å²) in [6, 6.07) is 3.07. The third kappa shape index (κ3) is 4.22. The maximum Gasteiger partial charge on any atom is 0.241 e. The van der Waals surface area contributed by atoms with Crippen LogP contribution in [0, 0.1) is 0 Å². The highest BCUT2D eigenvalue weighted by molar-refractivity contribution is 8.00. The number of aliphatic hydroxyl groups excluding tert-OH is 1. The standard InChI is InChI=1S/C16H25N3O3S2/c1-16(10-12-3-4-13(11-16)23-12)19-24(21,22)14-5-7-18-15(9-14)17-6-2-8-20/h5,7,9,12-13,19-20H,2-4,6,8,10-11H2,1H3,(H,17,18). The van der Waals surface area contributed by atoms with Gasteiger partial charge in [0.15, 0.2) is 0 Å². The van der Waals surface area contributed by atoms with Crippen molar-refractivity contribution in [2.45, 2.75) is 60.0 Å².